The number of nitrogens with one attached hydrogen (secondary N) is 1. The van der Waals surface area contributed by atoms with E-state index >= 15 is 0 Å². The first kappa shape index (κ1) is 14.5. The van der Waals surface area contributed by atoms with Crippen LogP contribution in [-0.4, -0.2) is 25.5 Å². The van der Waals surface area contributed by atoms with E-state index in [0.29, 0.717) is 5.91 Å². The number of carbonyl (C=O) groups excluding carboxylic acids is 1. The minimum atomic E-state index is -0.0699. The van der Waals surface area contributed by atoms with Gasteiger partial charge in [-0.15, -0.1) is 0 Å². The van der Waals surface area contributed by atoms with Crippen LogP contribution in [0.1, 0.15) is 38.7 Å². The number of hydrogen-bond donors (Lipinski definition) is 1. The molecule has 118 valence electrons. The van der Waals surface area contributed by atoms with Crippen molar-refractivity contribution in [1.82, 2.24) is 5.32 Å². The summed E-state index contributed by atoms with van der Waals surface area (Å²) in [5, 5.41) is 4.19. The van der Waals surface area contributed by atoms with Crippen LogP contribution in [-0.2, 0) is 10.2 Å². The van der Waals surface area contributed by atoms with E-state index in [1.165, 1.54) is 0 Å². The lowest BCUT2D eigenvalue weighted by molar-refractivity contribution is -0.120. The summed E-state index contributed by atoms with van der Waals surface area (Å²) < 4.78 is 0. The molecule has 1 aromatic carbocycles. The number of benzene rings is 1. The molecule has 1 atom stereocenters. The predicted octanol–water partition coefficient (Wildman–Crippen LogP) is 3.35. The monoisotopic (exact) mass is 318 g/mol. The molecular weight excluding hydrogens is 296 g/mol. The zero-order chi connectivity index (χ0) is 15.5. The quantitative estimate of drug-likeness (QED) is 0.861. The van der Waals surface area contributed by atoms with Crippen LogP contribution in [0.5, 0.6) is 0 Å². The molecule has 2 fully saturated rings. The molecule has 1 saturated carbocycles. The maximum atomic E-state index is 13.1. The zero-order valence-corrected chi connectivity index (χ0v) is 14.0. The number of carbonyl (C=O) groups is 1. The third-order valence-electron chi connectivity index (χ3n) is 5.87. The first-order valence-electron chi connectivity index (χ1n) is 8.26. The molecule has 1 aromatic rings. The average molecular weight is 319 g/mol. The highest BCUT2D eigenvalue weighted by Crippen LogP contribution is 2.60. The Morgan fingerprint density at radius 2 is 2.05 bits per heavy atom. The lowest BCUT2D eigenvalue weighted by Crippen LogP contribution is -2.38. The predicted molar refractivity (Wildman–Crippen MR) is 89.5 cm³/mol. The summed E-state index contributed by atoms with van der Waals surface area (Å²) in [7, 11) is 0. The second-order valence-corrected chi connectivity index (χ2v) is 8.22. The third kappa shape index (κ3) is 2.02. The number of nitrogens with zero attached hydrogens (tertiary/aromatic N) is 1. The molecule has 3 aliphatic rings. The molecule has 1 spiro atoms. The molecule has 4 heteroatoms. The number of anilines is 1. The number of hydrogen-bond acceptors (Lipinski definition) is 2. The highest BCUT2D eigenvalue weighted by Gasteiger charge is 2.59. The van der Waals surface area contributed by atoms with Crippen LogP contribution in [0.2, 0.25) is 5.02 Å². The number of rotatable bonds is 1. The Labute approximate surface area is 137 Å². The standard InChI is InChI=1S/C18H23ClN2O/c1-17(2)11-21(14-5-3-4-13(19)15(14)17)16(22)12-10-18(12)6-8-20-9-7-18/h3-5,12,20H,6-11H2,1-2H3. The minimum Gasteiger partial charge on any atom is -0.317 e. The first-order valence-corrected chi connectivity index (χ1v) is 8.64. The van der Waals surface area contributed by atoms with Crippen molar-refractivity contribution in [2.75, 3.05) is 24.5 Å². The zero-order valence-electron chi connectivity index (χ0n) is 13.3. The summed E-state index contributed by atoms with van der Waals surface area (Å²) in [6.45, 7) is 7.21. The van der Waals surface area contributed by atoms with Crippen molar-refractivity contribution in [1.29, 1.82) is 0 Å². The van der Waals surface area contributed by atoms with Gasteiger partial charge in [0.25, 0.3) is 0 Å². The summed E-state index contributed by atoms with van der Waals surface area (Å²) in [5.41, 5.74) is 2.37. The largest absolute Gasteiger partial charge is 0.317 e. The summed E-state index contributed by atoms with van der Waals surface area (Å²) in [5.74, 6) is 0.534. The van der Waals surface area contributed by atoms with Crippen molar-refractivity contribution in [2.24, 2.45) is 11.3 Å². The summed E-state index contributed by atoms with van der Waals surface area (Å²) in [4.78, 5) is 15.1. The Kier molecular flexibility index (Phi) is 3.11. The molecule has 4 rings (SSSR count). The molecule has 0 bridgehead atoms. The molecule has 3 nitrogen and oxygen atoms in total. The van der Waals surface area contributed by atoms with Gasteiger partial charge in [0.1, 0.15) is 0 Å². The summed E-state index contributed by atoms with van der Waals surface area (Å²) in [6, 6.07) is 5.93. The van der Waals surface area contributed by atoms with Crippen LogP contribution >= 0.6 is 11.6 Å². The van der Waals surface area contributed by atoms with Crippen molar-refractivity contribution in [2.45, 2.75) is 38.5 Å². The van der Waals surface area contributed by atoms with E-state index in [1.54, 1.807) is 0 Å². The van der Waals surface area contributed by atoms with Crippen LogP contribution in [0.3, 0.4) is 0 Å². The molecule has 2 heterocycles. The second kappa shape index (κ2) is 4.72. The normalized spacial score (nSPS) is 27.8. The molecular formula is C18H23ClN2O. The van der Waals surface area contributed by atoms with Crippen molar-refractivity contribution < 1.29 is 4.79 Å². The lowest BCUT2D eigenvalue weighted by atomic mass is 9.87. The van der Waals surface area contributed by atoms with Gasteiger partial charge in [-0.2, -0.15) is 0 Å². The van der Waals surface area contributed by atoms with E-state index in [0.717, 1.165) is 55.2 Å². The van der Waals surface area contributed by atoms with Crippen LogP contribution in [0.4, 0.5) is 5.69 Å². The topological polar surface area (TPSA) is 32.3 Å². The maximum absolute atomic E-state index is 13.1. The van der Waals surface area contributed by atoms with Crippen LogP contribution < -0.4 is 10.2 Å². The van der Waals surface area contributed by atoms with Gasteiger partial charge in [-0.1, -0.05) is 31.5 Å². The fraction of sp³-hybridized carbons (Fsp3) is 0.611. The minimum absolute atomic E-state index is 0.0699. The Hall–Kier alpha value is -1.06. The number of halogens is 1. The van der Waals surface area contributed by atoms with Gasteiger partial charge in [-0.3, -0.25) is 4.79 Å². The smallest absolute Gasteiger partial charge is 0.230 e. The Balaban J connectivity index is 1.63. The second-order valence-electron chi connectivity index (χ2n) is 7.81. The molecule has 0 radical (unpaired) electrons. The van der Waals surface area contributed by atoms with Crippen LogP contribution in [0, 0.1) is 11.3 Å². The molecule has 2 aliphatic heterocycles. The summed E-state index contributed by atoms with van der Waals surface area (Å²) in [6.07, 6.45) is 3.35. The van der Waals surface area contributed by atoms with Crippen molar-refractivity contribution >= 4 is 23.2 Å². The fourth-order valence-corrected chi connectivity index (χ4v) is 4.95. The van der Waals surface area contributed by atoms with E-state index in [2.05, 4.69) is 19.2 Å². The number of fused-ring (bicyclic) bond motifs is 1. The van der Waals surface area contributed by atoms with Gasteiger partial charge < -0.3 is 10.2 Å². The van der Waals surface area contributed by atoms with E-state index in [4.69, 9.17) is 11.6 Å². The van der Waals surface area contributed by atoms with Gasteiger partial charge in [0.2, 0.25) is 5.91 Å². The Morgan fingerprint density at radius 3 is 2.77 bits per heavy atom. The van der Waals surface area contributed by atoms with Gasteiger partial charge in [-0.25, -0.2) is 0 Å². The van der Waals surface area contributed by atoms with E-state index in [1.807, 2.05) is 23.1 Å². The molecule has 1 N–H and O–H groups in total. The number of piperidine rings is 1. The first-order chi connectivity index (χ1) is 10.4. The molecule has 1 amide bonds. The Morgan fingerprint density at radius 1 is 1.32 bits per heavy atom. The van der Waals surface area contributed by atoms with Crippen LogP contribution in [0.15, 0.2) is 18.2 Å². The SMILES string of the molecule is CC1(C)CN(C(=O)C2CC23CCNCC3)c2cccc(Cl)c21. The van der Waals surface area contributed by atoms with Gasteiger partial charge in [0.05, 0.1) is 0 Å². The third-order valence-corrected chi connectivity index (χ3v) is 6.18. The molecule has 1 saturated heterocycles. The van der Waals surface area contributed by atoms with Gasteiger partial charge >= 0.3 is 0 Å². The maximum Gasteiger partial charge on any atom is 0.230 e. The lowest BCUT2D eigenvalue weighted by Gasteiger charge is -2.26. The van der Waals surface area contributed by atoms with Gasteiger partial charge in [-0.05, 0) is 49.9 Å². The fourth-order valence-electron chi connectivity index (χ4n) is 4.53. The molecule has 22 heavy (non-hydrogen) atoms. The summed E-state index contributed by atoms with van der Waals surface area (Å²) >= 11 is 6.42. The van der Waals surface area contributed by atoms with E-state index in [9.17, 15) is 4.79 Å². The Bertz CT molecular complexity index is 634. The highest BCUT2D eigenvalue weighted by molar-refractivity contribution is 6.32. The highest BCUT2D eigenvalue weighted by atomic mass is 35.5. The number of amides is 1. The van der Waals surface area contributed by atoms with Gasteiger partial charge in [0.15, 0.2) is 0 Å². The molecule has 0 aromatic heterocycles. The van der Waals surface area contributed by atoms with E-state index in [-0.39, 0.29) is 16.7 Å². The van der Waals surface area contributed by atoms with Crippen LogP contribution in [0.25, 0.3) is 0 Å². The van der Waals surface area contributed by atoms with Crippen molar-refractivity contribution in [3.8, 4) is 0 Å². The van der Waals surface area contributed by atoms with Crippen molar-refractivity contribution in [3.63, 3.8) is 0 Å². The van der Waals surface area contributed by atoms with Crippen molar-refractivity contribution in [3.05, 3.63) is 28.8 Å². The van der Waals surface area contributed by atoms with E-state index < -0.39 is 0 Å². The molecule has 1 aliphatic carbocycles. The van der Waals surface area contributed by atoms with Gasteiger partial charge in [0, 0.05) is 34.2 Å². The average Bonchev–Trinajstić information content (AvgIpc) is 3.08. The molecule has 1 unspecified atom stereocenters.